The number of nitrogen functional groups attached to an aromatic ring is 1. The number of ether oxygens (including phenoxy) is 1. The van der Waals surface area contributed by atoms with E-state index in [1.54, 1.807) is 0 Å². The van der Waals surface area contributed by atoms with E-state index >= 15 is 0 Å². The van der Waals surface area contributed by atoms with E-state index < -0.39 is 0 Å². The first kappa shape index (κ1) is 10.4. The smallest absolute Gasteiger partial charge is 0.136 e. The zero-order valence-corrected chi connectivity index (χ0v) is 9.60. The molecule has 1 fully saturated rings. The van der Waals surface area contributed by atoms with Crippen molar-refractivity contribution in [3.05, 3.63) is 30.5 Å². The summed E-state index contributed by atoms with van der Waals surface area (Å²) in [6.45, 7) is 3.34. The van der Waals surface area contributed by atoms with E-state index in [1.807, 2.05) is 30.5 Å². The van der Waals surface area contributed by atoms with Crippen LogP contribution in [0.3, 0.4) is 0 Å². The molecule has 2 aromatic rings. The van der Waals surface area contributed by atoms with Crippen molar-refractivity contribution in [3.8, 4) is 0 Å². The molecule has 0 spiro atoms. The van der Waals surface area contributed by atoms with Crippen LogP contribution in [0.1, 0.15) is 0 Å². The van der Waals surface area contributed by atoms with Crippen LogP contribution in [0.4, 0.5) is 11.5 Å². The molecule has 0 bridgehead atoms. The normalized spacial score (nSPS) is 16.4. The molecule has 3 rings (SSSR count). The van der Waals surface area contributed by atoms with Crippen molar-refractivity contribution < 1.29 is 4.74 Å². The Morgan fingerprint density at radius 1 is 1.18 bits per heavy atom. The fourth-order valence-corrected chi connectivity index (χ4v) is 2.21. The summed E-state index contributed by atoms with van der Waals surface area (Å²) in [4.78, 5) is 6.76. The van der Waals surface area contributed by atoms with Crippen molar-refractivity contribution in [2.75, 3.05) is 36.9 Å². The van der Waals surface area contributed by atoms with Gasteiger partial charge in [0.25, 0.3) is 0 Å². The predicted octanol–water partition coefficient (Wildman–Crippen LogP) is 1.65. The average Bonchev–Trinajstić information content (AvgIpc) is 2.39. The molecule has 4 nitrogen and oxygen atoms in total. The van der Waals surface area contributed by atoms with Crippen LogP contribution in [0.15, 0.2) is 30.5 Å². The minimum atomic E-state index is 0.771. The number of rotatable bonds is 1. The van der Waals surface area contributed by atoms with E-state index in [2.05, 4.69) is 9.88 Å². The summed E-state index contributed by atoms with van der Waals surface area (Å²) in [6.07, 6.45) is 1.84. The quantitative estimate of drug-likeness (QED) is 0.755. The summed E-state index contributed by atoms with van der Waals surface area (Å²) in [6, 6.07) is 7.95. The Labute approximate surface area is 100.0 Å². The first-order chi connectivity index (χ1) is 8.34. The fourth-order valence-electron chi connectivity index (χ4n) is 2.21. The maximum absolute atomic E-state index is 5.80. The molecule has 2 heterocycles. The summed E-state index contributed by atoms with van der Waals surface area (Å²) >= 11 is 0. The predicted molar refractivity (Wildman–Crippen MR) is 69.2 cm³/mol. The minimum Gasteiger partial charge on any atom is -0.399 e. The van der Waals surface area contributed by atoms with Crippen LogP contribution >= 0.6 is 0 Å². The molecule has 0 unspecified atom stereocenters. The van der Waals surface area contributed by atoms with Crippen LogP contribution in [0.25, 0.3) is 10.8 Å². The molecule has 1 aromatic carbocycles. The molecule has 1 aromatic heterocycles. The van der Waals surface area contributed by atoms with Gasteiger partial charge in [0.15, 0.2) is 0 Å². The zero-order valence-electron chi connectivity index (χ0n) is 9.60. The second-order valence-electron chi connectivity index (χ2n) is 4.21. The molecular weight excluding hydrogens is 214 g/mol. The maximum atomic E-state index is 5.80. The van der Waals surface area contributed by atoms with Crippen LogP contribution in [-0.4, -0.2) is 31.3 Å². The van der Waals surface area contributed by atoms with E-state index in [4.69, 9.17) is 10.5 Å². The molecule has 0 radical (unpaired) electrons. The average molecular weight is 229 g/mol. The highest BCUT2D eigenvalue weighted by Gasteiger charge is 2.14. The van der Waals surface area contributed by atoms with Crippen molar-refractivity contribution >= 4 is 22.3 Å². The molecule has 1 aliphatic rings. The number of aromatic nitrogens is 1. The summed E-state index contributed by atoms with van der Waals surface area (Å²) in [5.41, 5.74) is 6.59. The zero-order chi connectivity index (χ0) is 11.7. The van der Waals surface area contributed by atoms with Crippen LogP contribution in [0.5, 0.6) is 0 Å². The minimum absolute atomic E-state index is 0.771. The van der Waals surface area contributed by atoms with Gasteiger partial charge in [0.05, 0.1) is 13.2 Å². The largest absolute Gasteiger partial charge is 0.399 e. The monoisotopic (exact) mass is 229 g/mol. The molecule has 2 N–H and O–H groups in total. The van der Waals surface area contributed by atoms with Crippen molar-refractivity contribution in [3.63, 3.8) is 0 Å². The number of nitrogens with zero attached hydrogens (tertiary/aromatic N) is 2. The first-order valence-corrected chi connectivity index (χ1v) is 5.81. The lowest BCUT2D eigenvalue weighted by molar-refractivity contribution is 0.122. The van der Waals surface area contributed by atoms with Crippen molar-refractivity contribution in [1.29, 1.82) is 0 Å². The van der Waals surface area contributed by atoms with Gasteiger partial charge in [-0.1, -0.05) is 0 Å². The Morgan fingerprint density at radius 2 is 2.00 bits per heavy atom. The van der Waals surface area contributed by atoms with E-state index in [9.17, 15) is 0 Å². The van der Waals surface area contributed by atoms with E-state index in [1.165, 1.54) is 0 Å². The lowest BCUT2D eigenvalue weighted by atomic mass is 10.1. The van der Waals surface area contributed by atoms with Gasteiger partial charge in [0, 0.05) is 30.4 Å². The van der Waals surface area contributed by atoms with Crippen molar-refractivity contribution in [1.82, 2.24) is 4.98 Å². The Hall–Kier alpha value is -1.81. The third-order valence-electron chi connectivity index (χ3n) is 3.08. The van der Waals surface area contributed by atoms with Crippen LogP contribution in [-0.2, 0) is 4.74 Å². The third-order valence-corrected chi connectivity index (χ3v) is 3.08. The Kier molecular flexibility index (Phi) is 2.57. The van der Waals surface area contributed by atoms with Gasteiger partial charge in [-0.2, -0.15) is 0 Å². The second kappa shape index (κ2) is 4.22. The summed E-state index contributed by atoms with van der Waals surface area (Å²) < 4.78 is 5.36. The van der Waals surface area contributed by atoms with Crippen molar-refractivity contribution in [2.24, 2.45) is 0 Å². The van der Waals surface area contributed by atoms with Gasteiger partial charge < -0.3 is 15.4 Å². The van der Waals surface area contributed by atoms with Gasteiger partial charge in [0.2, 0.25) is 0 Å². The number of pyridine rings is 1. The van der Waals surface area contributed by atoms with Gasteiger partial charge in [-0.25, -0.2) is 4.98 Å². The number of anilines is 2. The SMILES string of the molecule is Nc1ccc2c(N3CCOCC3)nccc2c1. The van der Waals surface area contributed by atoms with Crippen LogP contribution in [0.2, 0.25) is 0 Å². The van der Waals surface area contributed by atoms with Crippen LogP contribution < -0.4 is 10.6 Å². The number of hydrogen-bond donors (Lipinski definition) is 1. The molecule has 0 aliphatic carbocycles. The number of benzene rings is 1. The topological polar surface area (TPSA) is 51.4 Å². The number of hydrogen-bond acceptors (Lipinski definition) is 4. The molecule has 88 valence electrons. The first-order valence-electron chi connectivity index (χ1n) is 5.81. The molecule has 0 amide bonds. The summed E-state index contributed by atoms with van der Waals surface area (Å²) in [5, 5.41) is 2.30. The molecule has 17 heavy (non-hydrogen) atoms. The third kappa shape index (κ3) is 1.91. The summed E-state index contributed by atoms with van der Waals surface area (Å²) in [5.74, 6) is 1.03. The van der Waals surface area contributed by atoms with Crippen molar-refractivity contribution in [2.45, 2.75) is 0 Å². The number of morpholine rings is 1. The summed E-state index contributed by atoms with van der Waals surface area (Å²) in [7, 11) is 0. The van der Waals surface area contributed by atoms with Gasteiger partial charge in [-0.15, -0.1) is 0 Å². The van der Waals surface area contributed by atoms with Gasteiger partial charge in [-0.05, 0) is 29.7 Å². The standard InChI is InChI=1S/C13H15N3O/c14-11-1-2-12-10(9-11)3-4-15-13(12)16-5-7-17-8-6-16/h1-4,9H,5-8,14H2. The molecular formula is C13H15N3O. The van der Waals surface area contributed by atoms with Gasteiger partial charge >= 0.3 is 0 Å². The molecule has 0 saturated carbocycles. The highest BCUT2D eigenvalue weighted by Crippen LogP contribution is 2.26. The fraction of sp³-hybridized carbons (Fsp3) is 0.308. The Bertz CT molecular complexity index is 535. The van der Waals surface area contributed by atoms with E-state index in [-0.39, 0.29) is 0 Å². The van der Waals surface area contributed by atoms with E-state index in [0.29, 0.717) is 0 Å². The Morgan fingerprint density at radius 3 is 2.82 bits per heavy atom. The molecule has 4 heteroatoms. The molecule has 1 aliphatic heterocycles. The van der Waals surface area contributed by atoms with Gasteiger partial charge in [-0.3, -0.25) is 0 Å². The van der Waals surface area contributed by atoms with E-state index in [0.717, 1.165) is 48.6 Å². The lowest BCUT2D eigenvalue weighted by Gasteiger charge is -2.28. The number of nitrogens with two attached hydrogens (primary N) is 1. The maximum Gasteiger partial charge on any atom is 0.136 e. The molecule has 1 saturated heterocycles. The Balaban J connectivity index is 2.09. The highest BCUT2D eigenvalue weighted by atomic mass is 16.5. The van der Waals surface area contributed by atoms with Gasteiger partial charge in [0.1, 0.15) is 5.82 Å². The molecule has 0 atom stereocenters. The number of fused-ring (bicyclic) bond motifs is 1. The lowest BCUT2D eigenvalue weighted by Crippen LogP contribution is -2.36. The second-order valence-corrected chi connectivity index (χ2v) is 4.21. The van der Waals surface area contributed by atoms with Crippen LogP contribution in [0, 0.1) is 0 Å². The highest BCUT2D eigenvalue weighted by molar-refractivity contribution is 5.93.